The number of nitrogens with zero attached hydrogens (tertiary/aromatic N) is 1. The van der Waals surface area contributed by atoms with E-state index in [-0.39, 0.29) is 30.5 Å². The fourth-order valence-electron chi connectivity index (χ4n) is 1.81. The average Bonchev–Trinajstić information content (AvgIpc) is 2.55. The topological polar surface area (TPSA) is 70.6 Å². The van der Waals surface area contributed by atoms with E-state index in [4.69, 9.17) is 11.6 Å². The Kier molecular flexibility index (Phi) is 6.45. The van der Waals surface area contributed by atoms with Gasteiger partial charge in [-0.05, 0) is 42.0 Å². The van der Waals surface area contributed by atoms with Gasteiger partial charge in [0.05, 0.1) is 6.21 Å². The second kappa shape index (κ2) is 8.79. The van der Waals surface area contributed by atoms with Gasteiger partial charge in [-0.1, -0.05) is 23.7 Å². The van der Waals surface area contributed by atoms with Crippen LogP contribution in [0.3, 0.4) is 0 Å². The van der Waals surface area contributed by atoms with Crippen molar-refractivity contribution < 1.29 is 14.0 Å². The van der Waals surface area contributed by atoms with Crippen LogP contribution in [0.1, 0.15) is 18.4 Å². The van der Waals surface area contributed by atoms with Crippen molar-refractivity contribution in [3.05, 3.63) is 64.9 Å². The minimum atomic E-state index is -0.387. The third kappa shape index (κ3) is 6.18. The average molecular weight is 348 g/mol. The van der Waals surface area contributed by atoms with Gasteiger partial charge >= 0.3 is 0 Å². The zero-order chi connectivity index (χ0) is 17.4. The zero-order valence-electron chi connectivity index (χ0n) is 12.6. The van der Waals surface area contributed by atoms with Gasteiger partial charge in [-0.3, -0.25) is 9.59 Å². The Bertz CT molecular complexity index is 748. The molecule has 2 aromatic rings. The number of hydrogen-bond acceptors (Lipinski definition) is 3. The smallest absolute Gasteiger partial charge is 0.240 e. The van der Waals surface area contributed by atoms with Crippen LogP contribution in [0.15, 0.2) is 53.6 Å². The Morgan fingerprint density at radius 3 is 2.50 bits per heavy atom. The van der Waals surface area contributed by atoms with Gasteiger partial charge in [0.1, 0.15) is 5.82 Å². The number of halogens is 2. The molecule has 0 saturated heterocycles. The summed E-state index contributed by atoms with van der Waals surface area (Å²) in [6.45, 7) is 0. The van der Waals surface area contributed by atoms with Gasteiger partial charge < -0.3 is 5.32 Å². The molecule has 7 heteroatoms. The van der Waals surface area contributed by atoms with E-state index in [1.807, 2.05) is 0 Å². The molecule has 24 heavy (non-hydrogen) atoms. The summed E-state index contributed by atoms with van der Waals surface area (Å²) in [6.07, 6.45) is 1.44. The van der Waals surface area contributed by atoms with Crippen LogP contribution in [-0.2, 0) is 9.59 Å². The first-order chi connectivity index (χ1) is 11.5. The summed E-state index contributed by atoms with van der Waals surface area (Å²) in [6, 6.07) is 12.4. The maximum atomic E-state index is 12.8. The fourth-order valence-corrected chi connectivity index (χ4v) is 2.00. The molecular weight excluding hydrogens is 333 g/mol. The predicted octanol–water partition coefficient (Wildman–Crippen LogP) is 3.35. The summed E-state index contributed by atoms with van der Waals surface area (Å²) in [5.74, 6) is -1.11. The first-order valence-corrected chi connectivity index (χ1v) is 7.53. The van der Waals surface area contributed by atoms with E-state index in [9.17, 15) is 14.0 Å². The molecule has 0 aliphatic carbocycles. The molecule has 2 rings (SSSR count). The van der Waals surface area contributed by atoms with Gasteiger partial charge in [-0.2, -0.15) is 5.10 Å². The summed E-state index contributed by atoms with van der Waals surface area (Å²) in [5.41, 5.74) is 3.56. The SMILES string of the molecule is O=C(CCC(=O)Nc1ccc(F)cc1)N/N=C/c1cccc(Cl)c1. The second-order valence-corrected chi connectivity index (χ2v) is 5.34. The Labute approximate surface area is 143 Å². The normalized spacial score (nSPS) is 10.6. The number of rotatable bonds is 6. The molecule has 2 aromatic carbocycles. The fraction of sp³-hybridized carbons (Fsp3) is 0.118. The van der Waals surface area contributed by atoms with Gasteiger partial charge in [0.2, 0.25) is 11.8 Å². The van der Waals surface area contributed by atoms with E-state index in [0.717, 1.165) is 5.56 Å². The zero-order valence-corrected chi connectivity index (χ0v) is 13.4. The second-order valence-electron chi connectivity index (χ2n) is 4.90. The maximum absolute atomic E-state index is 12.8. The van der Waals surface area contributed by atoms with Gasteiger partial charge in [0, 0.05) is 23.6 Å². The van der Waals surface area contributed by atoms with Crippen LogP contribution in [-0.4, -0.2) is 18.0 Å². The van der Waals surface area contributed by atoms with E-state index in [0.29, 0.717) is 10.7 Å². The van der Waals surface area contributed by atoms with E-state index in [1.54, 1.807) is 24.3 Å². The van der Waals surface area contributed by atoms with Crippen LogP contribution in [0.4, 0.5) is 10.1 Å². The summed E-state index contributed by atoms with van der Waals surface area (Å²) in [4.78, 5) is 23.3. The lowest BCUT2D eigenvalue weighted by molar-refractivity contribution is -0.124. The lowest BCUT2D eigenvalue weighted by Gasteiger charge is -2.04. The number of carbonyl (C=O) groups excluding carboxylic acids is 2. The number of anilines is 1. The number of benzene rings is 2. The Balaban J connectivity index is 1.72. The molecule has 2 N–H and O–H groups in total. The van der Waals surface area contributed by atoms with Crippen molar-refractivity contribution in [1.29, 1.82) is 0 Å². The first-order valence-electron chi connectivity index (χ1n) is 7.16. The first kappa shape index (κ1) is 17.6. The molecule has 0 unspecified atom stereocenters. The molecule has 0 radical (unpaired) electrons. The molecule has 0 bridgehead atoms. The standard InChI is InChI=1S/C17H15ClFN3O2/c18-13-3-1-2-12(10-13)11-20-22-17(24)9-8-16(23)21-15-6-4-14(19)5-7-15/h1-7,10-11H,8-9H2,(H,21,23)(H,22,24)/b20-11+. The van der Waals surface area contributed by atoms with Crippen LogP contribution < -0.4 is 10.7 Å². The molecule has 0 aliphatic heterocycles. The predicted molar refractivity (Wildman–Crippen MR) is 91.5 cm³/mol. The molecule has 5 nitrogen and oxygen atoms in total. The highest BCUT2D eigenvalue weighted by Gasteiger charge is 2.06. The lowest BCUT2D eigenvalue weighted by Crippen LogP contribution is -2.20. The van der Waals surface area contributed by atoms with Crippen molar-refractivity contribution in [2.24, 2.45) is 5.10 Å². The quantitative estimate of drug-likeness (QED) is 0.621. The summed E-state index contributed by atoms with van der Waals surface area (Å²) >= 11 is 5.83. The van der Waals surface area contributed by atoms with Gasteiger partial charge in [0.25, 0.3) is 0 Å². The van der Waals surface area contributed by atoms with Crippen molar-refractivity contribution in [2.45, 2.75) is 12.8 Å². The Morgan fingerprint density at radius 2 is 1.79 bits per heavy atom. The van der Waals surface area contributed by atoms with Gasteiger partial charge in [-0.25, -0.2) is 9.82 Å². The van der Waals surface area contributed by atoms with Crippen LogP contribution >= 0.6 is 11.6 Å². The van der Waals surface area contributed by atoms with Crippen molar-refractivity contribution >= 4 is 35.3 Å². The highest BCUT2D eigenvalue weighted by molar-refractivity contribution is 6.30. The summed E-state index contributed by atoms with van der Waals surface area (Å²) in [5, 5.41) is 6.94. The number of amides is 2. The number of hydrogen-bond donors (Lipinski definition) is 2. The van der Waals surface area contributed by atoms with E-state index < -0.39 is 0 Å². The summed E-state index contributed by atoms with van der Waals surface area (Å²) in [7, 11) is 0. The highest BCUT2D eigenvalue weighted by atomic mass is 35.5. The molecule has 0 spiro atoms. The van der Waals surface area contributed by atoms with Crippen molar-refractivity contribution in [2.75, 3.05) is 5.32 Å². The molecule has 0 aliphatic rings. The summed E-state index contributed by atoms with van der Waals surface area (Å²) < 4.78 is 12.8. The number of hydrazone groups is 1. The van der Waals surface area contributed by atoms with Crippen molar-refractivity contribution in [3.8, 4) is 0 Å². The van der Waals surface area contributed by atoms with Crippen LogP contribution in [0.25, 0.3) is 0 Å². The minimum Gasteiger partial charge on any atom is -0.326 e. The third-order valence-electron chi connectivity index (χ3n) is 2.96. The molecule has 0 atom stereocenters. The third-order valence-corrected chi connectivity index (χ3v) is 3.19. The van der Waals surface area contributed by atoms with Crippen molar-refractivity contribution in [3.63, 3.8) is 0 Å². The minimum absolute atomic E-state index is 0.00407. The number of carbonyl (C=O) groups is 2. The lowest BCUT2D eigenvalue weighted by atomic mass is 10.2. The number of nitrogens with one attached hydrogen (secondary N) is 2. The van der Waals surface area contributed by atoms with Gasteiger partial charge in [-0.15, -0.1) is 0 Å². The van der Waals surface area contributed by atoms with Crippen LogP contribution in [0.5, 0.6) is 0 Å². The molecule has 0 fully saturated rings. The van der Waals surface area contributed by atoms with E-state index in [1.165, 1.54) is 30.5 Å². The molecule has 124 valence electrons. The van der Waals surface area contributed by atoms with Crippen molar-refractivity contribution in [1.82, 2.24) is 5.43 Å². The Hall–Kier alpha value is -2.73. The molecular formula is C17H15ClFN3O2. The maximum Gasteiger partial charge on any atom is 0.240 e. The Morgan fingerprint density at radius 1 is 1.08 bits per heavy atom. The highest BCUT2D eigenvalue weighted by Crippen LogP contribution is 2.09. The molecule has 2 amide bonds. The molecule has 0 heterocycles. The molecule has 0 saturated carbocycles. The molecule has 0 aromatic heterocycles. The van der Waals surface area contributed by atoms with Gasteiger partial charge in [0.15, 0.2) is 0 Å². The monoisotopic (exact) mass is 347 g/mol. The van der Waals surface area contributed by atoms with Crippen LogP contribution in [0, 0.1) is 5.82 Å². The van der Waals surface area contributed by atoms with E-state index >= 15 is 0 Å². The largest absolute Gasteiger partial charge is 0.326 e. The van der Waals surface area contributed by atoms with E-state index in [2.05, 4.69) is 15.8 Å². The van der Waals surface area contributed by atoms with Crippen LogP contribution in [0.2, 0.25) is 5.02 Å².